The molecule has 0 saturated carbocycles. The summed E-state index contributed by atoms with van der Waals surface area (Å²) in [6.45, 7) is 0.609. The third-order valence-corrected chi connectivity index (χ3v) is 3.13. The van der Waals surface area contributed by atoms with Crippen molar-refractivity contribution in [3.8, 4) is 11.5 Å². The predicted molar refractivity (Wildman–Crippen MR) is 77.6 cm³/mol. The van der Waals surface area contributed by atoms with E-state index in [1.54, 1.807) is 13.2 Å². The first kappa shape index (κ1) is 18.0. The summed E-state index contributed by atoms with van der Waals surface area (Å²) in [7, 11) is 1.62. The second-order valence-corrected chi connectivity index (χ2v) is 4.51. The van der Waals surface area contributed by atoms with Crippen LogP contribution in [0.15, 0.2) is 42.5 Å². The monoisotopic (exact) mass is 293 g/mol. The van der Waals surface area contributed by atoms with Crippen molar-refractivity contribution >= 4 is 11.7 Å². The quantitative estimate of drug-likeness (QED) is 0.496. The minimum atomic E-state index is -1.40. The molecule has 6 heteroatoms. The van der Waals surface area contributed by atoms with Crippen LogP contribution >= 0.6 is 0 Å². The fraction of sp³-hybridized carbons (Fsp3) is 0.188. The molecule has 0 unspecified atom stereocenters. The van der Waals surface area contributed by atoms with Crippen molar-refractivity contribution in [1.29, 1.82) is 0 Å². The number of benzene rings is 2. The number of methoxy groups -OCH3 is 1. The van der Waals surface area contributed by atoms with Gasteiger partial charge in [-0.15, -0.1) is 0 Å². The molecule has 5 nitrogen and oxygen atoms in total. The first-order valence-corrected chi connectivity index (χ1v) is 6.52. The van der Waals surface area contributed by atoms with E-state index in [2.05, 4.69) is 5.32 Å². The Hall–Kier alpha value is -2.09. The van der Waals surface area contributed by atoms with E-state index in [0.29, 0.717) is 12.2 Å². The summed E-state index contributed by atoms with van der Waals surface area (Å²) in [4.78, 5) is 10.8. The molecule has 0 aromatic heterocycles. The van der Waals surface area contributed by atoms with Crippen molar-refractivity contribution in [1.82, 2.24) is 0 Å². The van der Waals surface area contributed by atoms with Gasteiger partial charge in [-0.3, -0.25) is 0 Å². The third kappa shape index (κ3) is 4.45. The van der Waals surface area contributed by atoms with E-state index in [-0.39, 0.29) is 30.2 Å². The zero-order valence-corrected chi connectivity index (χ0v) is 12.6. The van der Waals surface area contributed by atoms with Crippen LogP contribution in [0.2, 0.25) is 0 Å². The maximum absolute atomic E-state index is 10.8. The number of nitrogens with one attached hydrogen (secondary N) is 1. The molecule has 2 aromatic carbocycles. The number of ether oxygens (including phenoxy) is 1. The zero-order valence-electron chi connectivity index (χ0n) is 12.6. The second kappa shape index (κ2) is 8.37. The van der Waals surface area contributed by atoms with Gasteiger partial charge in [0.25, 0.3) is 0 Å². The molecule has 22 heavy (non-hydrogen) atoms. The Morgan fingerprint density at radius 3 is 2.68 bits per heavy atom. The zero-order chi connectivity index (χ0) is 15.2. The van der Waals surface area contributed by atoms with Crippen LogP contribution in [0.4, 0.5) is 5.69 Å². The molecule has 0 atom stereocenters. The summed E-state index contributed by atoms with van der Waals surface area (Å²) in [6, 6.07) is 12.0. The first-order valence-electron chi connectivity index (χ1n) is 6.52. The van der Waals surface area contributed by atoms with E-state index in [1.165, 1.54) is 12.1 Å². The average molecular weight is 293 g/mol. The van der Waals surface area contributed by atoms with Gasteiger partial charge in [-0.25, -0.2) is 0 Å². The van der Waals surface area contributed by atoms with Gasteiger partial charge in [0, 0.05) is 17.8 Å². The molecule has 0 amide bonds. The van der Waals surface area contributed by atoms with Crippen LogP contribution in [0.3, 0.4) is 0 Å². The van der Waals surface area contributed by atoms with Gasteiger partial charge >= 0.3 is 18.9 Å². The molecule has 0 aliphatic heterocycles. The number of carbonyl (C=O) groups excluding carboxylic acids is 1. The number of carboxylic acid groups (broad SMARTS) is 1. The van der Waals surface area contributed by atoms with E-state index in [9.17, 15) is 15.0 Å². The van der Waals surface area contributed by atoms with Crippen LogP contribution < -0.4 is 34.0 Å². The molecule has 0 fully saturated rings. The number of aromatic carboxylic acids is 1. The minimum absolute atomic E-state index is 0. The average Bonchev–Trinajstić information content (AvgIpc) is 2.49. The Morgan fingerprint density at radius 1 is 1.27 bits per heavy atom. The summed E-state index contributed by atoms with van der Waals surface area (Å²) in [6.07, 6.45) is 0.728. The molecule has 110 valence electrons. The Kier molecular flexibility index (Phi) is 6.84. The molecule has 0 saturated heterocycles. The van der Waals surface area contributed by atoms with E-state index < -0.39 is 5.97 Å². The minimum Gasteiger partial charge on any atom is -0.545 e. The van der Waals surface area contributed by atoms with Crippen molar-refractivity contribution in [2.45, 2.75) is 6.42 Å². The predicted octanol–water partition coefficient (Wildman–Crippen LogP) is -1.58. The molecule has 0 aliphatic carbocycles. The number of hydrogen-bond acceptors (Lipinski definition) is 5. The number of para-hydroxylation sites is 1. The molecule has 0 aliphatic rings. The summed E-state index contributed by atoms with van der Waals surface area (Å²) >= 11 is 0. The smallest absolute Gasteiger partial charge is 0.545 e. The van der Waals surface area contributed by atoms with Crippen LogP contribution in [0.1, 0.15) is 15.9 Å². The number of carboxylic acids is 1. The molecule has 0 spiro atoms. The summed E-state index contributed by atoms with van der Waals surface area (Å²) in [5.74, 6) is -0.883. The van der Waals surface area contributed by atoms with Gasteiger partial charge in [-0.1, -0.05) is 18.2 Å². The second-order valence-electron chi connectivity index (χ2n) is 4.51. The van der Waals surface area contributed by atoms with Gasteiger partial charge in [0.05, 0.1) is 13.1 Å². The summed E-state index contributed by atoms with van der Waals surface area (Å²) in [5.41, 5.74) is 1.45. The summed E-state index contributed by atoms with van der Waals surface area (Å²) in [5, 5.41) is 23.4. The van der Waals surface area contributed by atoms with Crippen molar-refractivity contribution < 1.29 is 38.6 Å². The number of anilines is 1. The molecular formula is C16H16LiNO4. The fourth-order valence-corrected chi connectivity index (χ4v) is 2.06. The Balaban J connectivity index is 0.00000242. The standard InChI is InChI=1S/C16H17NO4.Li/c1-21-15-5-3-2-4-11(15)8-9-17-12-6-7-14(18)13(10-12)16(19)20;/h2-7,10,17-18H,8-9H2,1H3,(H,19,20);/q;+1/p-1. The number of rotatable bonds is 6. The largest absolute Gasteiger partial charge is 1.00 e. The van der Waals surface area contributed by atoms with Gasteiger partial charge in [-0.2, -0.15) is 0 Å². The van der Waals surface area contributed by atoms with E-state index in [1.807, 2.05) is 24.3 Å². The van der Waals surface area contributed by atoms with Crippen LogP contribution in [-0.2, 0) is 6.42 Å². The molecular weight excluding hydrogens is 277 g/mol. The van der Waals surface area contributed by atoms with Crippen LogP contribution in [-0.4, -0.2) is 24.7 Å². The molecule has 2 N–H and O–H groups in total. The molecule has 0 radical (unpaired) electrons. The van der Waals surface area contributed by atoms with Crippen LogP contribution in [0, 0.1) is 0 Å². The Morgan fingerprint density at radius 2 is 2.00 bits per heavy atom. The summed E-state index contributed by atoms with van der Waals surface area (Å²) < 4.78 is 5.27. The SMILES string of the molecule is COc1ccccc1CCNc1ccc(O)c(C(=O)[O-])c1.[Li+]. The van der Waals surface area contributed by atoms with Crippen molar-refractivity contribution in [2.24, 2.45) is 0 Å². The van der Waals surface area contributed by atoms with Crippen molar-refractivity contribution in [2.75, 3.05) is 19.0 Å². The van der Waals surface area contributed by atoms with E-state index in [4.69, 9.17) is 4.74 Å². The number of hydrogen-bond donors (Lipinski definition) is 2. The van der Waals surface area contributed by atoms with Gasteiger partial charge in [0.15, 0.2) is 0 Å². The molecule has 2 aromatic rings. The topological polar surface area (TPSA) is 81.6 Å². The fourth-order valence-electron chi connectivity index (χ4n) is 2.06. The van der Waals surface area contributed by atoms with Gasteiger partial charge in [0.2, 0.25) is 0 Å². The van der Waals surface area contributed by atoms with Gasteiger partial charge in [0.1, 0.15) is 11.5 Å². The Labute approximate surface area is 141 Å². The van der Waals surface area contributed by atoms with Crippen molar-refractivity contribution in [3.05, 3.63) is 53.6 Å². The van der Waals surface area contributed by atoms with Gasteiger partial charge < -0.3 is 25.1 Å². The van der Waals surface area contributed by atoms with E-state index >= 15 is 0 Å². The third-order valence-electron chi connectivity index (χ3n) is 3.13. The molecule has 2 rings (SSSR count). The molecule has 0 bridgehead atoms. The number of phenols is 1. The first-order chi connectivity index (χ1) is 10.1. The normalized spacial score (nSPS) is 9.68. The Bertz CT molecular complexity index is 646. The maximum Gasteiger partial charge on any atom is 1.00 e. The van der Waals surface area contributed by atoms with Crippen LogP contribution in [0.25, 0.3) is 0 Å². The van der Waals surface area contributed by atoms with E-state index in [0.717, 1.165) is 17.7 Å². The maximum atomic E-state index is 10.8. The van der Waals surface area contributed by atoms with Gasteiger partial charge in [-0.05, 0) is 36.2 Å². The number of carbonyl (C=O) groups is 1. The number of aromatic hydroxyl groups is 1. The van der Waals surface area contributed by atoms with Crippen LogP contribution in [0.5, 0.6) is 11.5 Å². The van der Waals surface area contributed by atoms with Crippen molar-refractivity contribution in [3.63, 3.8) is 0 Å². The molecule has 0 heterocycles.